The highest BCUT2D eigenvalue weighted by Crippen LogP contribution is 2.16. The summed E-state index contributed by atoms with van der Waals surface area (Å²) >= 11 is 5.46. The van der Waals surface area contributed by atoms with Crippen molar-refractivity contribution in [2.45, 2.75) is 52.9 Å². The number of rotatable bonds is 5. The Morgan fingerprint density at radius 1 is 1.37 bits per heavy atom. The van der Waals surface area contributed by atoms with Crippen LogP contribution in [0.5, 0.6) is 0 Å². The molecule has 0 aromatic carbocycles. The first kappa shape index (κ1) is 14.7. The lowest BCUT2D eigenvalue weighted by molar-refractivity contribution is 0.145. The van der Waals surface area contributed by atoms with Crippen molar-refractivity contribution in [1.29, 1.82) is 0 Å². The Labute approximate surface area is 119 Å². The fourth-order valence-electron chi connectivity index (χ4n) is 2.54. The van der Waals surface area contributed by atoms with Gasteiger partial charge >= 0.3 is 0 Å². The van der Waals surface area contributed by atoms with E-state index in [2.05, 4.69) is 23.8 Å². The highest BCUT2D eigenvalue weighted by molar-refractivity contribution is 7.71. The maximum Gasteiger partial charge on any atom is 0.199 e. The third-order valence-corrected chi connectivity index (χ3v) is 4.23. The van der Waals surface area contributed by atoms with Gasteiger partial charge in [-0.2, -0.15) is 5.10 Å². The summed E-state index contributed by atoms with van der Waals surface area (Å²) in [6, 6.07) is 0. The highest BCUT2D eigenvalue weighted by Gasteiger charge is 2.17. The summed E-state index contributed by atoms with van der Waals surface area (Å²) < 4.78 is 4.53. The monoisotopic (exact) mass is 284 g/mol. The SMILES string of the molecule is CCCn1c(CO)nn(CN2CCC(C)CC2)c1=S. The van der Waals surface area contributed by atoms with Gasteiger partial charge in [0.1, 0.15) is 6.61 Å². The largest absolute Gasteiger partial charge is 0.388 e. The Morgan fingerprint density at radius 3 is 2.63 bits per heavy atom. The number of hydrogen-bond donors (Lipinski definition) is 1. The molecule has 5 nitrogen and oxygen atoms in total. The van der Waals surface area contributed by atoms with Crippen molar-refractivity contribution in [3.05, 3.63) is 10.6 Å². The zero-order chi connectivity index (χ0) is 13.8. The van der Waals surface area contributed by atoms with E-state index in [-0.39, 0.29) is 6.61 Å². The second-order valence-electron chi connectivity index (χ2n) is 5.45. The average molecular weight is 284 g/mol. The van der Waals surface area contributed by atoms with Crippen LogP contribution in [0.4, 0.5) is 0 Å². The fourth-order valence-corrected chi connectivity index (χ4v) is 2.83. The Bertz CT molecular complexity index is 460. The molecule has 2 rings (SSSR count). The van der Waals surface area contributed by atoms with E-state index in [0.717, 1.165) is 43.4 Å². The molecule has 1 saturated heterocycles. The molecule has 0 amide bonds. The molecular weight excluding hydrogens is 260 g/mol. The summed E-state index contributed by atoms with van der Waals surface area (Å²) in [6.45, 7) is 8.15. The molecule has 1 fully saturated rings. The molecule has 0 radical (unpaired) electrons. The van der Waals surface area contributed by atoms with Crippen LogP contribution in [0.15, 0.2) is 0 Å². The lowest BCUT2D eigenvalue weighted by atomic mass is 10.00. The van der Waals surface area contributed by atoms with Crippen LogP contribution < -0.4 is 0 Å². The van der Waals surface area contributed by atoms with Crippen LogP contribution in [0.25, 0.3) is 0 Å². The molecule has 0 unspecified atom stereocenters. The molecule has 6 heteroatoms. The predicted octanol–water partition coefficient (Wildman–Crippen LogP) is 2.01. The normalized spacial score (nSPS) is 18.1. The summed E-state index contributed by atoms with van der Waals surface area (Å²) in [5.41, 5.74) is 0. The van der Waals surface area contributed by atoms with Gasteiger partial charge < -0.3 is 9.67 Å². The van der Waals surface area contributed by atoms with Crippen molar-refractivity contribution in [1.82, 2.24) is 19.2 Å². The van der Waals surface area contributed by atoms with Crippen molar-refractivity contribution in [2.75, 3.05) is 13.1 Å². The number of likely N-dealkylation sites (tertiary alicyclic amines) is 1. The van der Waals surface area contributed by atoms with Gasteiger partial charge in [-0.05, 0) is 37.4 Å². The topological polar surface area (TPSA) is 46.2 Å². The Kier molecular flexibility index (Phi) is 5.13. The van der Waals surface area contributed by atoms with E-state index in [4.69, 9.17) is 12.2 Å². The van der Waals surface area contributed by atoms with Crippen molar-refractivity contribution >= 4 is 12.2 Å². The standard InChI is InChI=1S/C13H24N4OS/c1-3-6-16-12(9-18)14-17(13(16)19)10-15-7-4-11(2)5-8-15/h11,18H,3-10H2,1-2H3. The molecule has 108 valence electrons. The van der Waals surface area contributed by atoms with Crippen LogP contribution in [-0.2, 0) is 19.8 Å². The second kappa shape index (κ2) is 6.63. The van der Waals surface area contributed by atoms with E-state index in [0.29, 0.717) is 5.82 Å². The number of piperidine rings is 1. The molecule has 0 saturated carbocycles. The van der Waals surface area contributed by atoms with Crippen LogP contribution in [0.2, 0.25) is 0 Å². The number of aliphatic hydroxyl groups excluding tert-OH is 1. The molecule has 2 heterocycles. The smallest absolute Gasteiger partial charge is 0.199 e. The lowest BCUT2D eigenvalue weighted by Crippen LogP contribution is -2.34. The quantitative estimate of drug-likeness (QED) is 0.840. The summed E-state index contributed by atoms with van der Waals surface area (Å²) in [5, 5.41) is 13.8. The third-order valence-electron chi connectivity index (χ3n) is 3.80. The first-order chi connectivity index (χ1) is 9.15. The number of aliphatic hydroxyl groups is 1. The Morgan fingerprint density at radius 2 is 2.05 bits per heavy atom. The molecule has 1 N–H and O–H groups in total. The zero-order valence-electron chi connectivity index (χ0n) is 11.9. The number of aromatic nitrogens is 3. The Balaban J connectivity index is 2.10. The van der Waals surface area contributed by atoms with Crippen LogP contribution in [0.1, 0.15) is 38.9 Å². The fraction of sp³-hybridized carbons (Fsp3) is 0.846. The van der Waals surface area contributed by atoms with Gasteiger partial charge in [-0.15, -0.1) is 0 Å². The minimum atomic E-state index is -0.0479. The molecular formula is C13H24N4OS. The molecule has 0 spiro atoms. The molecule has 1 aliphatic heterocycles. The van der Waals surface area contributed by atoms with E-state index < -0.39 is 0 Å². The van der Waals surface area contributed by atoms with Gasteiger partial charge in [0.15, 0.2) is 10.6 Å². The third kappa shape index (κ3) is 3.43. The summed E-state index contributed by atoms with van der Waals surface area (Å²) in [7, 11) is 0. The van der Waals surface area contributed by atoms with Gasteiger partial charge in [0, 0.05) is 19.6 Å². The van der Waals surface area contributed by atoms with E-state index in [9.17, 15) is 5.11 Å². The minimum absolute atomic E-state index is 0.0479. The van der Waals surface area contributed by atoms with Crippen LogP contribution >= 0.6 is 12.2 Å². The summed E-state index contributed by atoms with van der Waals surface area (Å²) in [5.74, 6) is 1.51. The van der Waals surface area contributed by atoms with Gasteiger partial charge in [0.2, 0.25) is 0 Å². The van der Waals surface area contributed by atoms with Crippen molar-refractivity contribution in [2.24, 2.45) is 5.92 Å². The van der Waals surface area contributed by atoms with Gasteiger partial charge in [-0.3, -0.25) is 4.90 Å². The average Bonchev–Trinajstić information content (AvgIpc) is 2.70. The first-order valence-corrected chi connectivity index (χ1v) is 7.56. The van der Waals surface area contributed by atoms with Crippen LogP contribution in [-0.4, -0.2) is 37.4 Å². The van der Waals surface area contributed by atoms with E-state index in [1.54, 1.807) is 0 Å². The molecule has 1 aliphatic rings. The molecule has 0 aliphatic carbocycles. The van der Waals surface area contributed by atoms with Crippen molar-refractivity contribution < 1.29 is 5.11 Å². The van der Waals surface area contributed by atoms with Crippen LogP contribution in [0.3, 0.4) is 0 Å². The summed E-state index contributed by atoms with van der Waals surface area (Å²) in [6.07, 6.45) is 3.49. The maximum atomic E-state index is 9.37. The predicted molar refractivity (Wildman–Crippen MR) is 77.2 cm³/mol. The maximum absolute atomic E-state index is 9.37. The molecule has 19 heavy (non-hydrogen) atoms. The zero-order valence-corrected chi connectivity index (χ0v) is 12.7. The van der Waals surface area contributed by atoms with Gasteiger partial charge in [0.25, 0.3) is 0 Å². The van der Waals surface area contributed by atoms with Crippen LogP contribution in [0, 0.1) is 10.7 Å². The van der Waals surface area contributed by atoms with E-state index >= 15 is 0 Å². The van der Waals surface area contributed by atoms with Gasteiger partial charge in [-0.25, -0.2) is 4.68 Å². The van der Waals surface area contributed by atoms with Gasteiger partial charge in [-0.1, -0.05) is 13.8 Å². The molecule has 0 atom stereocenters. The number of nitrogens with zero attached hydrogens (tertiary/aromatic N) is 4. The van der Waals surface area contributed by atoms with Crippen molar-refractivity contribution in [3.63, 3.8) is 0 Å². The Hall–Kier alpha value is -0.720. The number of hydrogen-bond acceptors (Lipinski definition) is 4. The minimum Gasteiger partial charge on any atom is -0.388 e. The summed E-state index contributed by atoms with van der Waals surface area (Å²) in [4.78, 5) is 2.39. The molecule has 1 aromatic rings. The first-order valence-electron chi connectivity index (χ1n) is 7.15. The highest BCUT2D eigenvalue weighted by atomic mass is 32.1. The van der Waals surface area contributed by atoms with Gasteiger partial charge in [0.05, 0.1) is 6.67 Å². The molecule has 0 bridgehead atoms. The van der Waals surface area contributed by atoms with E-state index in [1.807, 2.05) is 9.25 Å². The van der Waals surface area contributed by atoms with Crippen molar-refractivity contribution in [3.8, 4) is 0 Å². The van der Waals surface area contributed by atoms with E-state index in [1.165, 1.54) is 12.8 Å². The molecule has 1 aromatic heterocycles. The lowest BCUT2D eigenvalue weighted by Gasteiger charge is -2.29. The second-order valence-corrected chi connectivity index (χ2v) is 5.82.